The zero-order valence-corrected chi connectivity index (χ0v) is 12.3. The van der Waals surface area contributed by atoms with E-state index < -0.39 is 0 Å². The van der Waals surface area contributed by atoms with Gasteiger partial charge < -0.3 is 10.2 Å². The summed E-state index contributed by atoms with van der Waals surface area (Å²) in [6, 6.07) is 4.20. The third kappa shape index (κ3) is 4.29. The Labute approximate surface area is 118 Å². The summed E-state index contributed by atoms with van der Waals surface area (Å²) in [6.45, 7) is 4.88. The molecule has 0 saturated carbocycles. The van der Waals surface area contributed by atoms with Gasteiger partial charge in [-0.2, -0.15) is 0 Å². The van der Waals surface area contributed by atoms with Crippen LogP contribution in [0.4, 0.5) is 5.95 Å². The molecule has 0 saturated heterocycles. The van der Waals surface area contributed by atoms with Crippen molar-refractivity contribution >= 4 is 17.3 Å². The van der Waals surface area contributed by atoms with Crippen molar-refractivity contribution in [3.63, 3.8) is 0 Å². The molecule has 0 aliphatic rings. The molecule has 2 aromatic rings. The van der Waals surface area contributed by atoms with E-state index in [4.69, 9.17) is 0 Å². The minimum Gasteiger partial charge on any atom is -0.339 e. The quantitative estimate of drug-likeness (QED) is 0.789. The van der Waals surface area contributed by atoms with Crippen molar-refractivity contribution in [3.05, 3.63) is 40.3 Å². The second-order valence-electron chi connectivity index (χ2n) is 4.50. The van der Waals surface area contributed by atoms with Crippen molar-refractivity contribution in [2.45, 2.75) is 26.4 Å². The fourth-order valence-electron chi connectivity index (χ4n) is 1.75. The summed E-state index contributed by atoms with van der Waals surface area (Å²) in [7, 11) is 2.02. The van der Waals surface area contributed by atoms with Gasteiger partial charge in [-0.15, -0.1) is 11.3 Å². The molecule has 0 aliphatic carbocycles. The molecular formula is C14H20N4S. The van der Waals surface area contributed by atoms with Gasteiger partial charge in [-0.25, -0.2) is 9.97 Å². The zero-order valence-electron chi connectivity index (χ0n) is 11.5. The van der Waals surface area contributed by atoms with Gasteiger partial charge in [-0.3, -0.25) is 0 Å². The SMILES string of the molecule is CCCNCc1cnc(N(C)Cc2cccs2)nc1. The van der Waals surface area contributed by atoms with Crippen LogP contribution in [-0.4, -0.2) is 23.6 Å². The first-order valence-corrected chi connectivity index (χ1v) is 7.42. The highest BCUT2D eigenvalue weighted by atomic mass is 32.1. The monoisotopic (exact) mass is 276 g/mol. The third-order valence-corrected chi connectivity index (χ3v) is 3.62. The molecule has 5 heteroatoms. The lowest BCUT2D eigenvalue weighted by Gasteiger charge is -2.16. The first-order chi connectivity index (χ1) is 9.29. The number of aromatic nitrogens is 2. The van der Waals surface area contributed by atoms with Gasteiger partial charge in [0.25, 0.3) is 0 Å². The fourth-order valence-corrected chi connectivity index (χ4v) is 2.51. The van der Waals surface area contributed by atoms with Crippen LogP contribution in [0.5, 0.6) is 0 Å². The molecule has 0 fully saturated rings. The molecular weight excluding hydrogens is 256 g/mol. The number of nitrogens with one attached hydrogen (secondary N) is 1. The lowest BCUT2D eigenvalue weighted by Crippen LogP contribution is -2.19. The van der Waals surface area contributed by atoms with Crippen molar-refractivity contribution in [1.82, 2.24) is 15.3 Å². The molecule has 2 rings (SSSR count). The second kappa shape index (κ2) is 7.21. The van der Waals surface area contributed by atoms with E-state index in [0.717, 1.165) is 37.6 Å². The second-order valence-corrected chi connectivity index (χ2v) is 5.54. The van der Waals surface area contributed by atoms with Crippen molar-refractivity contribution in [1.29, 1.82) is 0 Å². The first kappa shape index (κ1) is 14.0. The van der Waals surface area contributed by atoms with E-state index in [1.807, 2.05) is 19.4 Å². The Bertz CT molecular complexity index is 467. The van der Waals surface area contributed by atoms with Crippen molar-refractivity contribution in [3.8, 4) is 0 Å². The summed E-state index contributed by atoms with van der Waals surface area (Å²) in [5.74, 6) is 0.771. The van der Waals surface area contributed by atoms with Gasteiger partial charge in [-0.05, 0) is 24.4 Å². The molecule has 2 aromatic heterocycles. The van der Waals surface area contributed by atoms with Crippen LogP contribution < -0.4 is 10.2 Å². The summed E-state index contributed by atoms with van der Waals surface area (Å²) < 4.78 is 0. The smallest absolute Gasteiger partial charge is 0.225 e. The minimum absolute atomic E-state index is 0.771. The van der Waals surface area contributed by atoms with Crippen LogP contribution >= 0.6 is 11.3 Å². The van der Waals surface area contributed by atoms with Crippen molar-refractivity contribution in [2.75, 3.05) is 18.5 Å². The highest BCUT2D eigenvalue weighted by Crippen LogP contribution is 2.14. The Hall–Kier alpha value is -1.46. The van der Waals surface area contributed by atoms with Gasteiger partial charge in [-0.1, -0.05) is 13.0 Å². The third-order valence-electron chi connectivity index (χ3n) is 2.76. The predicted molar refractivity (Wildman–Crippen MR) is 80.5 cm³/mol. The molecule has 0 aliphatic heterocycles. The maximum atomic E-state index is 4.42. The first-order valence-electron chi connectivity index (χ1n) is 6.54. The van der Waals surface area contributed by atoms with Crippen LogP contribution in [0.1, 0.15) is 23.8 Å². The maximum absolute atomic E-state index is 4.42. The lowest BCUT2D eigenvalue weighted by atomic mass is 10.3. The summed E-state index contributed by atoms with van der Waals surface area (Å²) in [6.07, 6.45) is 4.94. The van der Waals surface area contributed by atoms with E-state index in [9.17, 15) is 0 Å². The fraction of sp³-hybridized carbons (Fsp3) is 0.429. The molecule has 1 N–H and O–H groups in total. The normalized spacial score (nSPS) is 10.6. The van der Waals surface area contributed by atoms with E-state index in [1.165, 1.54) is 4.88 Å². The molecule has 19 heavy (non-hydrogen) atoms. The lowest BCUT2D eigenvalue weighted by molar-refractivity contribution is 0.671. The van der Waals surface area contributed by atoms with E-state index in [-0.39, 0.29) is 0 Å². The Morgan fingerprint density at radius 1 is 1.32 bits per heavy atom. The zero-order chi connectivity index (χ0) is 13.5. The van der Waals surface area contributed by atoms with Crippen LogP contribution in [0.3, 0.4) is 0 Å². The van der Waals surface area contributed by atoms with E-state index in [0.29, 0.717) is 0 Å². The predicted octanol–water partition coefficient (Wildman–Crippen LogP) is 2.67. The highest BCUT2D eigenvalue weighted by molar-refractivity contribution is 7.09. The standard InChI is InChI=1S/C14H20N4S/c1-3-6-15-8-12-9-16-14(17-10-12)18(2)11-13-5-4-7-19-13/h4-5,7,9-10,15H,3,6,8,11H2,1-2H3. The summed E-state index contributed by atoms with van der Waals surface area (Å²) in [5.41, 5.74) is 1.13. The molecule has 0 spiro atoms. The summed E-state index contributed by atoms with van der Waals surface area (Å²) in [4.78, 5) is 12.2. The Kier molecular flexibility index (Phi) is 5.30. The summed E-state index contributed by atoms with van der Waals surface area (Å²) in [5, 5.41) is 5.43. The molecule has 0 amide bonds. The maximum Gasteiger partial charge on any atom is 0.225 e. The van der Waals surface area contributed by atoms with Crippen LogP contribution in [-0.2, 0) is 13.1 Å². The number of nitrogens with zero attached hydrogens (tertiary/aromatic N) is 3. The van der Waals surface area contributed by atoms with Gasteiger partial charge in [0.2, 0.25) is 5.95 Å². The number of hydrogen-bond donors (Lipinski definition) is 1. The van der Waals surface area contributed by atoms with Crippen LogP contribution in [0.25, 0.3) is 0 Å². The molecule has 2 heterocycles. The number of hydrogen-bond acceptors (Lipinski definition) is 5. The Morgan fingerprint density at radius 2 is 2.11 bits per heavy atom. The molecule has 0 radical (unpaired) electrons. The van der Waals surface area contributed by atoms with Gasteiger partial charge in [0.05, 0.1) is 6.54 Å². The van der Waals surface area contributed by atoms with Crippen molar-refractivity contribution < 1.29 is 0 Å². The van der Waals surface area contributed by atoms with Crippen LogP contribution in [0, 0.1) is 0 Å². The highest BCUT2D eigenvalue weighted by Gasteiger charge is 2.05. The number of anilines is 1. The minimum atomic E-state index is 0.771. The van der Waals surface area contributed by atoms with E-state index in [1.54, 1.807) is 11.3 Å². The van der Waals surface area contributed by atoms with E-state index >= 15 is 0 Å². The molecule has 0 atom stereocenters. The molecule has 102 valence electrons. The number of thiophene rings is 1. The average Bonchev–Trinajstić information content (AvgIpc) is 2.93. The van der Waals surface area contributed by atoms with Gasteiger partial charge in [0, 0.05) is 36.4 Å². The van der Waals surface area contributed by atoms with Crippen molar-refractivity contribution in [2.24, 2.45) is 0 Å². The average molecular weight is 276 g/mol. The van der Waals surface area contributed by atoms with Crippen LogP contribution in [0.2, 0.25) is 0 Å². The molecule has 0 bridgehead atoms. The summed E-state index contributed by atoms with van der Waals surface area (Å²) >= 11 is 1.76. The Morgan fingerprint density at radius 3 is 2.74 bits per heavy atom. The van der Waals surface area contributed by atoms with Gasteiger partial charge in [0.1, 0.15) is 0 Å². The number of rotatable bonds is 7. The van der Waals surface area contributed by atoms with Gasteiger partial charge in [0.15, 0.2) is 0 Å². The topological polar surface area (TPSA) is 41.1 Å². The van der Waals surface area contributed by atoms with E-state index in [2.05, 4.69) is 44.6 Å². The van der Waals surface area contributed by atoms with Crippen LogP contribution in [0.15, 0.2) is 29.9 Å². The molecule has 0 unspecified atom stereocenters. The largest absolute Gasteiger partial charge is 0.339 e. The molecule has 0 aromatic carbocycles. The van der Waals surface area contributed by atoms with Gasteiger partial charge >= 0.3 is 0 Å². The Balaban J connectivity index is 1.90. The molecule has 4 nitrogen and oxygen atoms in total.